The standard InChI is InChI=1S/C14H17Cl2NO2/c1-14(2,7-18)17-13(19)11-6-10(11)9-4-3-8(15)5-12(9)16/h3-5,10-11,18H,6-7H2,1-2H3,(H,17,19). The number of carbonyl (C=O) groups is 1. The number of aliphatic hydroxyl groups is 1. The van der Waals surface area contributed by atoms with E-state index in [0.29, 0.717) is 10.0 Å². The van der Waals surface area contributed by atoms with Crippen LogP contribution in [0.25, 0.3) is 0 Å². The van der Waals surface area contributed by atoms with Crippen molar-refractivity contribution >= 4 is 29.1 Å². The number of rotatable bonds is 4. The molecule has 1 aliphatic rings. The molecule has 2 unspecified atom stereocenters. The molecule has 1 amide bonds. The Kier molecular flexibility index (Phi) is 4.09. The molecule has 1 fully saturated rings. The van der Waals surface area contributed by atoms with Crippen LogP contribution in [0.15, 0.2) is 18.2 Å². The van der Waals surface area contributed by atoms with Crippen LogP contribution in [0.3, 0.4) is 0 Å². The van der Waals surface area contributed by atoms with Crippen LogP contribution in [0.4, 0.5) is 0 Å². The highest BCUT2D eigenvalue weighted by Crippen LogP contribution is 2.50. The quantitative estimate of drug-likeness (QED) is 0.898. The van der Waals surface area contributed by atoms with Gasteiger partial charge in [0.15, 0.2) is 0 Å². The summed E-state index contributed by atoms with van der Waals surface area (Å²) < 4.78 is 0. The van der Waals surface area contributed by atoms with Crippen molar-refractivity contribution in [2.45, 2.75) is 31.7 Å². The summed E-state index contributed by atoms with van der Waals surface area (Å²) in [7, 11) is 0. The Morgan fingerprint density at radius 1 is 1.47 bits per heavy atom. The van der Waals surface area contributed by atoms with Gasteiger partial charge in [-0.3, -0.25) is 4.79 Å². The van der Waals surface area contributed by atoms with E-state index in [4.69, 9.17) is 28.3 Å². The molecule has 0 bridgehead atoms. The molecule has 2 N–H and O–H groups in total. The van der Waals surface area contributed by atoms with E-state index < -0.39 is 5.54 Å². The normalized spacial score (nSPS) is 22.2. The number of halogens is 2. The van der Waals surface area contributed by atoms with Crippen LogP contribution in [0.2, 0.25) is 10.0 Å². The van der Waals surface area contributed by atoms with E-state index in [-0.39, 0.29) is 24.3 Å². The van der Waals surface area contributed by atoms with Crippen LogP contribution < -0.4 is 5.32 Å². The summed E-state index contributed by atoms with van der Waals surface area (Å²) in [6.45, 7) is 3.49. The van der Waals surface area contributed by atoms with Crippen LogP contribution in [-0.4, -0.2) is 23.2 Å². The molecule has 1 aromatic rings. The van der Waals surface area contributed by atoms with Crippen LogP contribution in [0.1, 0.15) is 31.7 Å². The number of aliphatic hydroxyl groups excluding tert-OH is 1. The predicted molar refractivity (Wildman–Crippen MR) is 76.6 cm³/mol. The Morgan fingerprint density at radius 3 is 2.74 bits per heavy atom. The topological polar surface area (TPSA) is 49.3 Å². The minimum absolute atomic E-state index is 0.0323. The molecule has 0 aromatic heterocycles. The average molecular weight is 302 g/mol. The summed E-state index contributed by atoms with van der Waals surface area (Å²) in [6, 6.07) is 5.36. The first kappa shape index (κ1) is 14.6. The third-order valence-electron chi connectivity index (χ3n) is 3.35. The Balaban J connectivity index is 2.03. The number of benzene rings is 1. The van der Waals surface area contributed by atoms with E-state index in [2.05, 4.69) is 5.32 Å². The first-order valence-corrected chi connectivity index (χ1v) is 6.97. The van der Waals surface area contributed by atoms with Gasteiger partial charge in [0, 0.05) is 16.0 Å². The van der Waals surface area contributed by atoms with Gasteiger partial charge >= 0.3 is 0 Å². The van der Waals surface area contributed by atoms with Gasteiger partial charge in [0.25, 0.3) is 0 Å². The minimum Gasteiger partial charge on any atom is -0.394 e. The molecule has 1 aromatic carbocycles. The molecule has 2 atom stereocenters. The third kappa shape index (κ3) is 3.41. The van der Waals surface area contributed by atoms with Gasteiger partial charge in [-0.1, -0.05) is 29.3 Å². The summed E-state index contributed by atoms with van der Waals surface area (Å²) in [6.07, 6.45) is 0.786. The van der Waals surface area contributed by atoms with Crippen molar-refractivity contribution in [1.29, 1.82) is 0 Å². The lowest BCUT2D eigenvalue weighted by Crippen LogP contribution is -2.47. The summed E-state index contributed by atoms with van der Waals surface area (Å²) >= 11 is 12.0. The molecule has 0 saturated heterocycles. The van der Waals surface area contributed by atoms with E-state index in [1.165, 1.54) is 0 Å². The number of nitrogens with one attached hydrogen (secondary N) is 1. The zero-order chi connectivity index (χ0) is 14.2. The van der Waals surface area contributed by atoms with Gasteiger partial charge in [-0.05, 0) is 43.9 Å². The van der Waals surface area contributed by atoms with Gasteiger partial charge < -0.3 is 10.4 Å². The molecular formula is C14H17Cl2NO2. The largest absolute Gasteiger partial charge is 0.394 e. The zero-order valence-corrected chi connectivity index (χ0v) is 12.4. The van der Waals surface area contributed by atoms with Gasteiger partial charge in [0.2, 0.25) is 5.91 Å². The van der Waals surface area contributed by atoms with Gasteiger partial charge in [0.05, 0.1) is 12.1 Å². The van der Waals surface area contributed by atoms with E-state index in [1.807, 2.05) is 6.07 Å². The molecule has 1 aliphatic carbocycles. The highest BCUT2D eigenvalue weighted by Gasteiger charge is 2.45. The molecule has 1 saturated carbocycles. The molecule has 0 radical (unpaired) electrons. The Labute approximate surface area is 122 Å². The third-order valence-corrected chi connectivity index (χ3v) is 3.91. The smallest absolute Gasteiger partial charge is 0.224 e. The Morgan fingerprint density at radius 2 is 2.16 bits per heavy atom. The maximum Gasteiger partial charge on any atom is 0.224 e. The number of hydrogen-bond donors (Lipinski definition) is 2. The van der Waals surface area contributed by atoms with Gasteiger partial charge in [-0.25, -0.2) is 0 Å². The van der Waals surface area contributed by atoms with Crippen molar-refractivity contribution < 1.29 is 9.90 Å². The second-order valence-electron chi connectivity index (χ2n) is 5.65. The maximum absolute atomic E-state index is 12.1. The van der Waals surface area contributed by atoms with E-state index >= 15 is 0 Å². The second-order valence-corrected chi connectivity index (χ2v) is 6.49. The molecule has 3 nitrogen and oxygen atoms in total. The highest BCUT2D eigenvalue weighted by molar-refractivity contribution is 6.35. The lowest BCUT2D eigenvalue weighted by atomic mass is 10.1. The fourth-order valence-corrected chi connectivity index (χ4v) is 2.65. The van der Waals surface area contributed by atoms with Crippen molar-refractivity contribution in [3.05, 3.63) is 33.8 Å². The molecule has 0 spiro atoms. The second kappa shape index (κ2) is 5.31. The van der Waals surface area contributed by atoms with Crippen LogP contribution in [0, 0.1) is 5.92 Å². The lowest BCUT2D eigenvalue weighted by Gasteiger charge is -2.23. The molecular weight excluding hydrogens is 285 g/mol. The molecule has 5 heteroatoms. The number of amides is 1. The van der Waals surface area contributed by atoms with Crippen molar-refractivity contribution in [2.75, 3.05) is 6.61 Å². The van der Waals surface area contributed by atoms with Crippen LogP contribution >= 0.6 is 23.2 Å². The summed E-state index contributed by atoms with van der Waals surface area (Å²) in [4.78, 5) is 12.1. The maximum atomic E-state index is 12.1. The van der Waals surface area contributed by atoms with Gasteiger partial charge in [-0.2, -0.15) is 0 Å². The molecule has 2 rings (SSSR count). The zero-order valence-electron chi connectivity index (χ0n) is 10.9. The van der Waals surface area contributed by atoms with Gasteiger partial charge in [-0.15, -0.1) is 0 Å². The average Bonchev–Trinajstić information content (AvgIpc) is 3.08. The monoisotopic (exact) mass is 301 g/mol. The van der Waals surface area contributed by atoms with Crippen molar-refractivity contribution in [1.82, 2.24) is 5.32 Å². The lowest BCUT2D eigenvalue weighted by molar-refractivity contribution is -0.124. The Hall–Kier alpha value is -0.770. The minimum atomic E-state index is -0.589. The number of carbonyl (C=O) groups excluding carboxylic acids is 1. The van der Waals surface area contributed by atoms with Crippen LogP contribution in [-0.2, 0) is 4.79 Å². The van der Waals surface area contributed by atoms with E-state index in [1.54, 1.807) is 26.0 Å². The summed E-state index contributed by atoms with van der Waals surface area (Å²) in [5.41, 5.74) is 0.376. The number of hydrogen-bond acceptors (Lipinski definition) is 2. The van der Waals surface area contributed by atoms with Crippen molar-refractivity contribution in [3.63, 3.8) is 0 Å². The SMILES string of the molecule is CC(C)(CO)NC(=O)C1CC1c1ccc(Cl)cc1Cl. The fourth-order valence-electron chi connectivity index (χ4n) is 2.10. The van der Waals surface area contributed by atoms with Crippen molar-refractivity contribution in [2.24, 2.45) is 5.92 Å². The summed E-state index contributed by atoms with van der Waals surface area (Å²) in [5, 5.41) is 13.2. The first-order valence-electron chi connectivity index (χ1n) is 6.22. The molecule has 0 aliphatic heterocycles. The molecule has 104 valence electrons. The molecule has 0 heterocycles. The fraction of sp³-hybridized carbons (Fsp3) is 0.500. The Bertz CT molecular complexity index is 502. The predicted octanol–water partition coefficient (Wildman–Crippen LogP) is 2.98. The first-order chi connectivity index (χ1) is 8.84. The van der Waals surface area contributed by atoms with Gasteiger partial charge in [0.1, 0.15) is 0 Å². The summed E-state index contributed by atoms with van der Waals surface area (Å²) in [5.74, 6) is 0.0545. The van der Waals surface area contributed by atoms with Crippen LogP contribution in [0.5, 0.6) is 0 Å². The highest BCUT2D eigenvalue weighted by atomic mass is 35.5. The van der Waals surface area contributed by atoms with Crippen molar-refractivity contribution in [3.8, 4) is 0 Å². The van der Waals surface area contributed by atoms with E-state index in [0.717, 1.165) is 12.0 Å². The van der Waals surface area contributed by atoms with E-state index in [9.17, 15) is 4.79 Å². The molecule has 19 heavy (non-hydrogen) atoms.